The molecule has 0 amide bonds. The lowest BCUT2D eigenvalue weighted by atomic mass is 10.1. The molecule has 0 spiro atoms. The van der Waals surface area contributed by atoms with Gasteiger partial charge in [-0.25, -0.2) is 18.2 Å². The van der Waals surface area contributed by atoms with Gasteiger partial charge in [0.05, 0.1) is 11.3 Å². The van der Waals surface area contributed by atoms with Crippen molar-refractivity contribution < 1.29 is 8.42 Å². The summed E-state index contributed by atoms with van der Waals surface area (Å²) in [6.45, 7) is 2.08. The van der Waals surface area contributed by atoms with E-state index in [1.807, 2.05) is 25.1 Å². The van der Waals surface area contributed by atoms with Gasteiger partial charge in [0.25, 0.3) is 0 Å². The van der Waals surface area contributed by atoms with E-state index in [1.165, 1.54) is 15.3 Å². The zero-order valence-corrected chi connectivity index (χ0v) is 14.4. The van der Waals surface area contributed by atoms with Gasteiger partial charge in [-0.3, -0.25) is 4.57 Å². The molecule has 1 saturated carbocycles. The number of fused-ring (bicyclic) bond motifs is 3. The molecule has 7 nitrogen and oxygen atoms in total. The van der Waals surface area contributed by atoms with Crippen LogP contribution >= 0.6 is 0 Å². The van der Waals surface area contributed by atoms with E-state index in [-0.39, 0.29) is 18.0 Å². The van der Waals surface area contributed by atoms with Gasteiger partial charge < -0.3 is 0 Å². The summed E-state index contributed by atoms with van der Waals surface area (Å²) < 4.78 is 25.8. The van der Waals surface area contributed by atoms with Crippen molar-refractivity contribution in [1.29, 1.82) is 0 Å². The molecule has 3 aromatic rings. The molecule has 1 aliphatic rings. The molecule has 0 aliphatic heterocycles. The number of hydrogen-bond acceptors (Lipinski definition) is 5. The summed E-state index contributed by atoms with van der Waals surface area (Å²) in [5, 5.41) is 5.20. The maximum Gasteiger partial charge on any atom is 0.351 e. The SMILES string of the molecule is Cc1ccc2c(c1)c1nc(C3CC3)nn1c(=O)n2CCS(C)(=O)=O. The standard InChI is InChI=1S/C16H18N4O3S/c1-10-3-6-13-12(9-10)15-17-14(11-4-5-11)18-20(15)16(21)19(13)7-8-24(2,22)23/h3,6,9,11H,4-5,7-8H2,1-2H3. The summed E-state index contributed by atoms with van der Waals surface area (Å²) in [5.74, 6) is 0.954. The molecule has 0 N–H and O–H groups in total. The second kappa shape index (κ2) is 5.14. The monoisotopic (exact) mass is 346 g/mol. The Kier molecular flexibility index (Phi) is 3.28. The van der Waals surface area contributed by atoms with Crippen molar-refractivity contribution >= 4 is 26.4 Å². The minimum atomic E-state index is -3.17. The average Bonchev–Trinajstić information content (AvgIpc) is 3.25. The molecular formula is C16H18N4O3S. The van der Waals surface area contributed by atoms with Gasteiger partial charge in [-0.15, -0.1) is 5.10 Å². The average molecular weight is 346 g/mol. The first-order valence-corrected chi connectivity index (χ1v) is 9.97. The van der Waals surface area contributed by atoms with E-state index in [1.54, 1.807) is 0 Å². The lowest BCUT2D eigenvalue weighted by Crippen LogP contribution is -2.30. The van der Waals surface area contributed by atoms with E-state index < -0.39 is 9.84 Å². The zero-order chi connectivity index (χ0) is 17.1. The van der Waals surface area contributed by atoms with Crippen molar-refractivity contribution in [1.82, 2.24) is 19.2 Å². The summed E-state index contributed by atoms with van der Waals surface area (Å²) in [7, 11) is -3.17. The Bertz CT molecular complexity index is 1120. The van der Waals surface area contributed by atoms with Crippen LogP contribution in [0.4, 0.5) is 0 Å². The second-order valence-electron chi connectivity index (χ2n) is 6.56. The van der Waals surface area contributed by atoms with Crippen molar-refractivity contribution in [3.05, 3.63) is 40.1 Å². The highest BCUT2D eigenvalue weighted by atomic mass is 32.2. The molecule has 2 heterocycles. The minimum Gasteiger partial charge on any atom is -0.291 e. The van der Waals surface area contributed by atoms with Crippen LogP contribution in [-0.4, -0.2) is 39.6 Å². The fraction of sp³-hybridized carbons (Fsp3) is 0.438. The van der Waals surface area contributed by atoms with Gasteiger partial charge in [-0.05, 0) is 31.9 Å². The van der Waals surface area contributed by atoms with Crippen LogP contribution in [0.5, 0.6) is 0 Å². The fourth-order valence-electron chi connectivity index (χ4n) is 2.91. The molecule has 2 aromatic heterocycles. The third-order valence-corrected chi connectivity index (χ3v) is 5.27. The van der Waals surface area contributed by atoms with E-state index >= 15 is 0 Å². The van der Waals surface area contributed by atoms with Crippen LogP contribution in [0.2, 0.25) is 0 Å². The van der Waals surface area contributed by atoms with Gasteiger partial charge in [-0.2, -0.15) is 4.52 Å². The predicted octanol–water partition coefficient (Wildman–Crippen LogP) is 1.27. The molecule has 1 fully saturated rings. The fourth-order valence-corrected chi connectivity index (χ4v) is 3.42. The summed E-state index contributed by atoms with van der Waals surface area (Å²) in [4.78, 5) is 17.4. The largest absolute Gasteiger partial charge is 0.351 e. The van der Waals surface area contributed by atoms with Crippen molar-refractivity contribution in [2.75, 3.05) is 12.0 Å². The molecule has 24 heavy (non-hydrogen) atoms. The summed E-state index contributed by atoms with van der Waals surface area (Å²) >= 11 is 0. The van der Waals surface area contributed by atoms with Crippen LogP contribution in [0.1, 0.15) is 30.1 Å². The number of aromatic nitrogens is 4. The van der Waals surface area contributed by atoms with E-state index in [2.05, 4.69) is 10.1 Å². The number of aryl methyl sites for hydroxylation is 2. The first-order valence-electron chi connectivity index (χ1n) is 7.91. The number of sulfone groups is 1. The molecule has 0 bridgehead atoms. The van der Waals surface area contributed by atoms with Gasteiger partial charge in [0.15, 0.2) is 11.5 Å². The Labute approximate surface area is 138 Å². The Hall–Kier alpha value is -2.22. The Morgan fingerprint density at radius 3 is 2.71 bits per heavy atom. The topological polar surface area (TPSA) is 86.3 Å². The van der Waals surface area contributed by atoms with E-state index in [4.69, 9.17) is 0 Å². The quantitative estimate of drug-likeness (QED) is 0.710. The molecule has 0 atom stereocenters. The van der Waals surface area contributed by atoms with Gasteiger partial charge in [0, 0.05) is 24.1 Å². The van der Waals surface area contributed by atoms with E-state index in [0.29, 0.717) is 22.9 Å². The number of benzene rings is 1. The highest BCUT2D eigenvalue weighted by molar-refractivity contribution is 7.90. The third kappa shape index (κ3) is 2.60. The van der Waals surface area contributed by atoms with Crippen LogP contribution in [0.3, 0.4) is 0 Å². The number of nitrogens with zero attached hydrogens (tertiary/aromatic N) is 4. The Morgan fingerprint density at radius 1 is 1.29 bits per heavy atom. The maximum absolute atomic E-state index is 12.8. The Morgan fingerprint density at radius 2 is 2.04 bits per heavy atom. The van der Waals surface area contributed by atoms with Gasteiger partial charge >= 0.3 is 5.69 Å². The van der Waals surface area contributed by atoms with E-state index in [0.717, 1.165) is 23.8 Å². The summed E-state index contributed by atoms with van der Waals surface area (Å²) in [6.07, 6.45) is 3.27. The molecule has 0 saturated heterocycles. The number of hydrogen-bond donors (Lipinski definition) is 0. The third-order valence-electron chi connectivity index (χ3n) is 4.35. The van der Waals surface area contributed by atoms with Gasteiger partial charge in [0.2, 0.25) is 0 Å². The first kappa shape index (κ1) is 15.3. The molecule has 8 heteroatoms. The van der Waals surface area contributed by atoms with Crippen molar-refractivity contribution in [2.24, 2.45) is 0 Å². The first-order chi connectivity index (χ1) is 11.3. The predicted molar refractivity (Wildman–Crippen MR) is 91.2 cm³/mol. The van der Waals surface area contributed by atoms with Crippen LogP contribution in [0.15, 0.2) is 23.0 Å². The normalized spacial score (nSPS) is 15.4. The van der Waals surface area contributed by atoms with Crippen LogP contribution < -0.4 is 5.69 Å². The van der Waals surface area contributed by atoms with Crippen molar-refractivity contribution in [3.8, 4) is 0 Å². The molecule has 1 aliphatic carbocycles. The van der Waals surface area contributed by atoms with Gasteiger partial charge in [0.1, 0.15) is 9.84 Å². The lowest BCUT2D eigenvalue weighted by Gasteiger charge is -2.11. The van der Waals surface area contributed by atoms with Crippen LogP contribution in [0, 0.1) is 6.92 Å². The highest BCUT2D eigenvalue weighted by Gasteiger charge is 2.29. The molecule has 0 radical (unpaired) electrons. The molecular weight excluding hydrogens is 328 g/mol. The molecule has 0 unspecified atom stereocenters. The van der Waals surface area contributed by atoms with Gasteiger partial charge in [-0.1, -0.05) is 11.6 Å². The lowest BCUT2D eigenvalue weighted by molar-refractivity contribution is 0.592. The van der Waals surface area contributed by atoms with E-state index in [9.17, 15) is 13.2 Å². The van der Waals surface area contributed by atoms with Crippen LogP contribution in [-0.2, 0) is 16.4 Å². The smallest absolute Gasteiger partial charge is 0.291 e. The minimum absolute atomic E-state index is 0.0917. The van der Waals surface area contributed by atoms with Crippen molar-refractivity contribution in [3.63, 3.8) is 0 Å². The maximum atomic E-state index is 12.8. The van der Waals surface area contributed by atoms with Crippen LogP contribution in [0.25, 0.3) is 16.6 Å². The highest BCUT2D eigenvalue weighted by Crippen LogP contribution is 2.38. The zero-order valence-electron chi connectivity index (χ0n) is 13.6. The number of rotatable bonds is 4. The molecule has 1 aromatic carbocycles. The Balaban J connectivity index is 2.01. The molecule has 4 rings (SSSR count). The second-order valence-corrected chi connectivity index (χ2v) is 8.82. The summed E-state index contributed by atoms with van der Waals surface area (Å²) in [5.41, 5.74) is 1.95. The van der Waals surface area contributed by atoms with Crippen molar-refractivity contribution in [2.45, 2.75) is 32.2 Å². The molecule has 126 valence electrons. The summed E-state index contributed by atoms with van der Waals surface area (Å²) in [6, 6.07) is 5.72.